The summed E-state index contributed by atoms with van der Waals surface area (Å²) >= 11 is 0. The standard InChI is InChI=1S/C52H37N/c1-4-12-38(13-5-1)40-20-22-41(23-21-40)43-26-33-48(34-27-43)53(47-31-24-42(25-32-47)39-14-6-2-7-15-39)49-35-28-45(29-36-49)51-37-30-44-16-10-11-19-50(44)52(51)46-17-8-3-9-18-46/h1-37H/i26D,27D,28D,29D,33D,34D,35D,36D. The Kier molecular flexibility index (Phi) is 6.57. The Balaban J connectivity index is 1.26. The van der Waals surface area contributed by atoms with Crippen LogP contribution in [-0.4, -0.2) is 0 Å². The molecule has 0 spiro atoms. The fraction of sp³-hybridized carbons (Fsp3) is 0. The van der Waals surface area contributed by atoms with E-state index in [0.717, 1.165) is 44.2 Å². The van der Waals surface area contributed by atoms with Crippen molar-refractivity contribution in [2.45, 2.75) is 0 Å². The minimum Gasteiger partial charge on any atom is -0.311 e. The van der Waals surface area contributed by atoms with Gasteiger partial charge in [-0.25, -0.2) is 0 Å². The van der Waals surface area contributed by atoms with Gasteiger partial charge in [0.2, 0.25) is 0 Å². The van der Waals surface area contributed by atoms with Gasteiger partial charge in [-0.3, -0.25) is 0 Å². The zero-order valence-electron chi connectivity index (χ0n) is 36.7. The summed E-state index contributed by atoms with van der Waals surface area (Å²) in [5.74, 6) is 0. The van der Waals surface area contributed by atoms with Crippen molar-refractivity contribution >= 4 is 27.8 Å². The molecule has 9 rings (SSSR count). The van der Waals surface area contributed by atoms with Crippen molar-refractivity contribution in [1.29, 1.82) is 0 Å². The lowest BCUT2D eigenvalue weighted by Gasteiger charge is -2.26. The van der Waals surface area contributed by atoms with Crippen LogP contribution in [0.1, 0.15) is 11.0 Å². The number of hydrogen-bond acceptors (Lipinski definition) is 1. The molecule has 0 amide bonds. The minimum absolute atomic E-state index is 0.108. The molecule has 0 saturated heterocycles. The van der Waals surface area contributed by atoms with Gasteiger partial charge in [-0.1, -0.05) is 188 Å². The predicted octanol–water partition coefficient (Wildman–Crippen LogP) is 14.6. The highest BCUT2D eigenvalue weighted by Gasteiger charge is 2.16. The van der Waals surface area contributed by atoms with Crippen LogP contribution in [0, 0.1) is 0 Å². The van der Waals surface area contributed by atoms with Crippen LogP contribution >= 0.6 is 0 Å². The molecule has 0 aromatic heterocycles. The summed E-state index contributed by atoms with van der Waals surface area (Å²) in [5, 5.41) is 1.85. The van der Waals surface area contributed by atoms with Gasteiger partial charge in [0.1, 0.15) is 0 Å². The Morgan fingerprint density at radius 1 is 0.283 bits per heavy atom. The molecular formula is C52H37N. The molecule has 0 N–H and O–H groups in total. The second-order valence-corrected chi connectivity index (χ2v) is 12.7. The maximum absolute atomic E-state index is 9.63. The normalized spacial score (nSPS) is 13.1. The molecule has 9 aromatic carbocycles. The largest absolute Gasteiger partial charge is 0.311 e. The number of rotatable bonds is 8. The van der Waals surface area contributed by atoms with Crippen molar-refractivity contribution in [2.75, 3.05) is 4.90 Å². The van der Waals surface area contributed by atoms with E-state index in [9.17, 15) is 11.0 Å². The van der Waals surface area contributed by atoms with Gasteiger partial charge in [0.25, 0.3) is 0 Å². The van der Waals surface area contributed by atoms with Gasteiger partial charge in [0.15, 0.2) is 0 Å². The van der Waals surface area contributed by atoms with Gasteiger partial charge in [0, 0.05) is 17.1 Å². The van der Waals surface area contributed by atoms with E-state index in [4.69, 9.17) is 0 Å². The van der Waals surface area contributed by atoms with Crippen LogP contribution in [0.25, 0.3) is 66.4 Å². The summed E-state index contributed by atoms with van der Waals surface area (Å²) in [5.41, 5.74) is 6.57. The van der Waals surface area contributed by atoms with Crippen LogP contribution in [0.3, 0.4) is 0 Å². The SMILES string of the molecule is [2H]c1c([2H])c(N(c2ccc(-c3ccccc3)cc2)c2c([2H])c([2H])c(-c3ccc4ccccc4c3-c3ccccc3)c([2H])c2[2H])c([2H])c([2H])c1-c1ccc(-c2ccccc2)cc1. The van der Waals surface area contributed by atoms with E-state index in [2.05, 4.69) is 0 Å². The Labute approximate surface area is 323 Å². The maximum Gasteiger partial charge on any atom is 0.0645 e. The Morgan fingerprint density at radius 2 is 0.698 bits per heavy atom. The number of benzene rings is 9. The van der Waals surface area contributed by atoms with Crippen LogP contribution < -0.4 is 4.90 Å². The molecule has 9 aromatic rings. The van der Waals surface area contributed by atoms with Crippen molar-refractivity contribution in [3.8, 4) is 55.6 Å². The van der Waals surface area contributed by atoms with Gasteiger partial charge in [-0.2, -0.15) is 0 Å². The lowest BCUT2D eigenvalue weighted by atomic mass is 9.90. The summed E-state index contributed by atoms with van der Waals surface area (Å²) in [6, 6.07) is 52.5. The van der Waals surface area contributed by atoms with E-state index >= 15 is 0 Å². The highest BCUT2D eigenvalue weighted by atomic mass is 15.1. The zero-order chi connectivity index (χ0) is 42.4. The molecule has 0 fully saturated rings. The maximum atomic E-state index is 9.63. The second kappa shape index (κ2) is 14.3. The quantitative estimate of drug-likeness (QED) is 0.154. The van der Waals surface area contributed by atoms with E-state index in [0.29, 0.717) is 16.8 Å². The molecule has 1 heteroatoms. The van der Waals surface area contributed by atoms with Crippen LogP contribution in [0.4, 0.5) is 17.1 Å². The van der Waals surface area contributed by atoms with Gasteiger partial charge in [0.05, 0.1) is 11.0 Å². The van der Waals surface area contributed by atoms with Crippen LogP contribution in [0.2, 0.25) is 0 Å². The molecule has 0 heterocycles. The molecule has 1 nitrogen and oxygen atoms in total. The van der Waals surface area contributed by atoms with Crippen molar-refractivity contribution in [1.82, 2.24) is 0 Å². The first-order chi connectivity index (χ1) is 29.6. The Bertz CT molecular complexity index is 3020. The zero-order valence-corrected chi connectivity index (χ0v) is 28.7. The lowest BCUT2D eigenvalue weighted by molar-refractivity contribution is 1.28. The first-order valence-corrected chi connectivity index (χ1v) is 17.5. The summed E-state index contributed by atoms with van der Waals surface area (Å²) < 4.78 is 76.0. The first kappa shape index (κ1) is 24.3. The van der Waals surface area contributed by atoms with Crippen LogP contribution in [0.15, 0.2) is 224 Å². The molecule has 53 heavy (non-hydrogen) atoms. The third kappa shape index (κ3) is 6.53. The molecule has 0 atom stereocenters. The summed E-state index contributed by atoms with van der Waals surface area (Å²) in [7, 11) is 0. The molecular weight excluding hydrogens is 639 g/mol. The first-order valence-electron chi connectivity index (χ1n) is 21.5. The van der Waals surface area contributed by atoms with Gasteiger partial charge in [-0.15, -0.1) is 0 Å². The fourth-order valence-corrected chi connectivity index (χ4v) is 6.77. The predicted molar refractivity (Wildman–Crippen MR) is 226 cm³/mol. The summed E-state index contributed by atoms with van der Waals surface area (Å²) in [6.45, 7) is 0. The molecule has 0 aliphatic carbocycles. The lowest BCUT2D eigenvalue weighted by Crippen LogP contribution is -2.09. The van der Waals surface area contributed by atoms with E-state index in [1.807, 2.05) is 152 Å². The van der Waals surface area contributed by atoms with Gasteiger partial charge in [-0.05, 0) is 103 Å². The molecule has 250 valence electrons. The monoisotopic (exact) mass is 683 g/mol. The average Bonchev–Trinajstić information content (AvgIpc) is 3.31. The number of fused-ring (bicyclic) bond motifs is 1. The number of nitrogens with zero attached hydrogens (tertiary/aromatic N) is 1. The van der Waals surface area contributed by atoms with Crippen molar-refractivity contribution in [3.63, 3.8) is 0 Å². The van der Waals surface area contributed by atoms with E-state index in [-0.39, 0.29) is 46.7 Å². The van der Waals surface area contributed by atoms with Gasteiger partial charge < -0.3 is 4.90 Å². The Hall–Kier alpha value is -6.96. The van der Waals surface area contributed by atoms with Crippen LogP contribution in [0.5, 0.6) is 0 Å². The average molecular weight is 684 g/mol. The van der Waals surface area contributed by atoms with Crippen molar-refractivity contribution in [2.24, 2.45) is 0 Å². The van der Waals surface area contributed by atoms with E-state index in [1.165, 1.54) is 4.90 Å². The molecule has 0 aliphatic heterocycles. The third-order valence-electron chi connectivity index (χ3n) is 9.44. The van der Waals surface area contributed by atoms with Gasteiger partial charge >= 0.3 is 0 Å². The number of anilines is 3. The second-order valence-electron chi connectivity index (χ2n) is 12.7. The molecule has 0 saturated carbocycles. The topological polar surface area (TPSA) is 3.24 Å². The minimum atomic E-state index is -0.396. The highest BCUT2D eigenvalue weighted by Crippen LogP contribution is 2.41. The molecule has 0 bridgehead atoms. The molecule has 0 unspecified atom stereocenters. The van der Waals surface area contributed by atoms with Crippen molar-refractivity contribution < 1.29 is 11.0 Å². The third-order valence-corrected chi connectivity index (χ3v) is 9.44. The fourth-order valence-electron chi connectivity index (χ4n) is 6.77. The Morgan fingerprint density at radius 3 is 1.25 bits per heavy atom. The summed E-state index contributed by atoms with van der Waals surface area (Å²) in [6.07, 6.45) is 0. The molecule has 0 aliphatic rings. The van der Waals surface area contributed by atoms with Crippen LogP contribution in [-0.2, 0) is 0 Å². The molecule has 0 radical (unpaired) electrons. The van der Waals surface area contributed by atoms with E-state index in [1.54, 1.807) is 24.3 Å². The summed E-state index contributed by atoms with van der Waals surface area (Å²) in [4.78, 5) is 1.35. The smallest absolute Gasteiger partial charge is 0.0645 e. The van der Waals surface area contributed by atoms with Crippen molar-refractivity contribution in [3.05, 3.63) is 224 Å². The number of hydrogen-bond donors (Lipinski definition) is 0. The van der Waals surface area contributed by atoms with E-state index < -0.39 is 24.2 Å². The highest BCUT2D eigenvalue weighted by molar-refractivity contribution is 6.04.